The minimum Gasteiger partial charge on any atom is -0.351 e. The summed E-state index contributed by atoms with van der Waals surface area (Å²) in [5.41, 5.74) is 1.80. The third-order valence-corrected chi connectivity index (χ3v) is 5.01. The summed E-state index contributed by atoms with van der Waals surface area (Å²) in [4.78, 5) is 16.4. The molecule has 1 unspecified atom stereocenters. The van der Waals surface area contributed by atoms with Crippen LogP contribution in [-0.2, 0) is 11.2 Å². The quantitative estimate of drug-likeness (QED) is 0.674. The van der Waals surface area contributed by atoms with Gasteiger partial charge in [0.15, 0.2) is 0 Å². The van der Waals surface area contributed by atoms with Crippen LogP contribution in [0, 0.1) is 17.2 Å². The molecular formula is C17H19N3OS2. The zero-order valence-corrected chi connectivity index (χ0v) is 14.5. The van der Waals surface area contributed by atoms with E-state index in [9.17, 15) is 4.79 Å². The van der Waals surface area contributed by atoms with Crippen LogP contribution >= 0.6 is 24.8 Å². The topological polar surface area (TPSA) is 47.3 Å². The first-order valence-corrected chi connectivity index (χ1v) is 8.71. The van der Waals surface area contributed by atoms with Crippen molar-refractivity contribution in [3.8, 4) is 6.07 Å². The molecule has 3 rings (SSSR count). The second kappa shape index (κ2) is 6.90. The van der Waals surface area contributed by atoms with Crippen LogP contribution in [0.25, 0.3) is 0 Å². The summed E-state index contributed by atoms with van der Waals surface area (Å²) in [5.74, 6) is 0.541. The van der Waals surface area contributed by atoms with Gasteiger partial charge in [0.2, 0.25) is 5.91 Å². The fraction of sp³-hybridized carbons (Fsp3) is 0.471. The van der Waals surface area contributed by atoms with E-state index in [2.05, 4.69) is 23.6 Å². The number of hydrogen-bond donors (Lipinski definition) is 1. The van der Waals surface area contributed by atoms with E-state index in [4.69, 9.17) is 17.5 Å². The summed E-state index contributed by atoms with van der Waals surface area (Å²) >= 11 is 9.60. The number of thiol groups is 1. The molecule has 1 saturated carbocycles. The summed E-state index contributed by atoms with van der Waals surface area (Å²) in [5, 5.41) is 8.89. The summed E-state index contributed by atoms with van der Waals surface area (Å²) < 4.78 is 0.585. The molecule has 1 aromatic carbocycles. The van der Waals surface area contributed by atoms with Crippen molar-refractivity contribution in [3.05, 3.63) is 35.4 Å². The van der Waals surface area contributed by atoms with Crippen molar-refractivity contribution in [2.45, 2.75) is 25.3 Å². The number of rotatable bonds is 3. The number of thiocarbonyl (C=S) groups is 1. The zero-order chi connectivity index (χ0) is 16.4. The molecule has 6 heteroatoms. The van der Waals surface area contributed by atoms with Crippen molar-refractivity contribution in [1.82, 2.24) is 9.80 Å². The van der Waals surface area contributed by atoms with Gasteiger partial charge >= 0.3 is 0 Å². The number of nitriles is 1. The molecule has 1 aromatic rings. The van der Waals surface area contributed by atoms with E-state index in [0.29, 0.717) is 22.3 Å². The van der Waals surface area contributed by atoms with E-state index in [0.717, 1.165) is 37.9 Å². The van der Waals surface area contributed by atoms with Crippen molar-refractivity contribution < 1.29 is 4.79 Å². The molecule has 0 radical (unpaired) electrons. The van der Waals surface area contributed by atoms with Crippen molar-refractivity contribution in [1.29, 1.82) is 5.26 Å². The third-order valence-electron chi connectivity index (χ3n) is 4.52. The maximum absolute atomic E-state index is 12.3. The van der Waals surface area contributed by atoms with Gasteiger partial charge in [-0.1, -0.05) is 24.4 Å². The predicted molar refractivity (Wildman–Crippen MR) is 96.2 cm³/mol. The van der Waals surface area contributed by atoms with Crippen molar-refractivity contribution >= 4 is 35.1 Å². The first-order valence-electron chi connectivity index (χ1n) is 7.86. The highest BCUT2D eigenvalue weighted by atomic mass is 32.1. The lowest BCUT2D eigenvalue weighted by molar-refractivity contribution is -0.134. The number of benzene rings is 1. The van der Waals surface area contributed by atoms with Gasteiger partial charge in [-0.05, 0) is 37.0 Å². The number of nitrogens with zero attached hydrogens (tertiary/aromatic N) is 3. The average molecular weight is 345 g/mol. The van der Waals surface area contributed by atoms with Crippen LogP contribution in [0.5, 0.6) is 0 Å². The van der Waals surface area contributed by atoms with Crippen LogP contribution < -0.4 is 0 Å². The minimum absolute atomic E-state index is 0.143. The van der Waals surface area contributed by atoms with Gasteiger partial charge in [0.05, 0.1) is 17.7 Å². The Morgan fingerprint density at radius 2 is 2.00 bits per heavy atom. The predicted octanol–water partition coefficient (Wildman–Crippen LogP) is 2.24. The summed E-state index contributed by atoms with van der Waals surface area (Å²) in [6.45, 7) is 2.15. The van der Waals surface area contributed by atoms with Crippen LogP contribution in [0.3, 0.4) is 0 Å². The lowest BCUT2D eigenvalue weighted by Crippen LogP contribution is -2.56. The lowest BCUT2D eigenvalue weighted by Gasteiger charge is -2.42. The molecule has 0 N–H and O–H groups in total. The van der Waals surface area contributed by atoms with Gasteiger partial charge in [0.25, 0.3) is 0 Å². The van der Waals surface area contributed by atoms with Crippen molar-refractivity contribution in [2.24, 2.45) is 5.92 Å². The number of amides is 1. The number of hydrogen-bond acceptors (Lipinski definition) is 3. The number of piperazine rings is 1. The second-order valence-corrected chi connectivity index (χ2v) is 7.31. The SMILES string of the molecule is N#Cc1ccc(CC2CN(C(=O)C3CC3)CCN2C(=S)S)cc1. The largest absolute Gasteiger partial charge is 0.351 e. The van der Waals surface area contributed by atoms with Crippen LogP contribution in [0.2, 0.25) is 0 Å². The molecule has 1 saturated heterocycles. The molecule has 2 aliphatic rings. The maximum atomic E-state index is 12.3. The number of carbonyl (C=O) groups excluding carboxylic acids is 1. The normalized spacial score (nSPS) is 21.0. The third kappa shape index (κ3) is 3.85. The standard InChI is InChI=1S/C17H19N3OS2/c18-10-13-3-1-12(2-4-13)9-15-11-19(16(21)14-5-6-14)7-8-20(15)17(22)23/h1-4,14-15H,5-9,11H2,(H,22,23). The van der Waals surface area contributed by atoms with E-state index in [1.54, 1.807) is 0 Å². The summed E-state index contributed by atoms with van der Waals surface area (Å²) in [6.07, 6.45) is 2.86. The Labute approximate surface area is 147 Å². The van der Waals surface area contributed by atoms with Gasteiger partial charge in [-0.2, -0.15) is 5.26 Å². The first kappa shape index (κ1) is 16.3. The molecule has 4 nitrogen and oxygen atoms in total. The molecular weight excluding hydrogens is 326 g/mol. The van der Waals surface area contributed by atoms with E-state index < -0.39 is 0 Å². The van der Waals surface area contributed by atoms with Gasteiger partial charge in [0.1, 0.15) is 4.32 Å². The van der Waals surface area contributed by atoms with Gasteiger partial charge in [-0.3, -0.25) is 4.79 Å². The molecule has 1 aliphatic carbocycles. The van der Waals surface area contributed by atoms with Crippen molar-refractivity contribution in [2.75, 3.05) is 19.6 Å². The molecule has 1 aliphatic heterocycles. The lowest BCUT2D eigenvalue weighted by atomic mass is 10.0. The molecule has 2 fully saturated rings. The Morgan fingerprint density at radius 3 is 2.57 bits per heavy atom. The summed E-state index contributed by atoms with van der Waals surface area (Å²) in [6, 6.07) is 9.87. The monoisotopic (exact) mass is 345 g/mol. The van der Waals surface area contributed by atoms with E-state index >= 15 is 0 Å². The van der Waals surface area contributed by atoms with Gasteiger partial charge < -0.3 is 9.80 Å². The first-order chi connectivity index (χ1) is 11.1. The Balaban J connectivity index is 1.72. The highest BCUT2D eigenvalue weighted by Crippen LogP contribution is 2.32. The van der Waals surface area contributed by atoms with Crippen molar-refractivity contribution in [3.63, 3.8) is 0 Å². The number of carbonyl (C=O) groups is 1. The van der Waals surface area contributed by atoms with Crippen LogP contribution in [0.4, 0.5) is 0 Å². The van der Waals surface area contributed by atoms with E-state index in [1.807, 2.05) is 29.2 Å². The van der Waals surface area contributed by atoms with Crippen LogP contribution in [0.1, 0.15) is 24.0 Å². The molecule has 23 heavy (non-hydrogen) atoms. The Hall–Kier alpha value is -1.58. The summed E-state index contributed by atoms with van der Waals surface area (Å²) in [7, 11) is 0. The molecule has 120 valence electrons. The Kier molecular flexibility index (Phi) is 4.88. The molecule has 1 atom stereocenters. The molecule has 1 heterocycles. The highest BCUT2D eigenvalue weighted by molar-refractivity contribution is 8.10. The molecule has 1 amide bonds. The molecule has 0 aromatic heterocycles. The molecule has 0 spiro atoms. The minimum atomic E-state index is 0.143. The van der Waals surface area contributed by atoms with E-state index in [-0.39, 0.29) is 12.0 Å². The van der Waals surface area contributed by atoms with Crippen LogP contribution in [-0.4, -0.2) is 45.7 Å². The average Bonchev–Trinajstić information content (AvgIpc) is 3.39. The smallest absolute Gasteiger partial charge is 0.225 e. The van der Waals surface area contributed by atoms with Crippen LogP contribution in [0.15, 0.2) is 24.3 Å². The Morgan fingerprint density at radius 1 is 1.30 bits per heavy atom. The molecule has 0 bridgehead atoms. The maximum Gasteiger partial charge on any atom is 0.225 e. The second-order valence-electron chi connectivity index (χ2n) is 6.20. The van der Waals surface area contributed by atoms with Gasteiger partial charge in [0, 0.05) is 25.6 Å². The van der Waals surface area contributed by atoms with Gasteiger partial charge in [-0.15, -0.1) is 12.6 Å². The zero-order valence-electron chi connectivity index (χ0n) is 12.8. The fourth-order valence-corrected chi connectivity index (χ4v) is 3.56. The fourth-order valence-electron chi connectivity index (χ4n) is 3.06. The van der Waals surface area contributed by atoms with Gasteiger partial charge in [-0.25, -0.2) is 0 Å². The van der Waals surface area contributed by atoms with E-state index in [1.165, 1.54) is 0 Å². The highest BCUT2D eigenvalue weighted by Gasteiger charge is 2.37. The Bertz CT molecular complexity index is 649.